The molecule has 0 rings (SSSR count). The predicted octanol–water partition coefficient (Wildman–Crippen LogP) is 1.69. The minimum Gasteiger partial charge on any atom is -0.382 e. The zero-order chi connectivity index (χ0) is 12.8. The van der Waals surface area contributed by atoms with Crippen LogP contribution in [0.3, 0.4) is 0 Å². The van der Waals surface area contributed by atoms with Crippen molar-refractivity contribution < 1.29 is 14.2 Å². The van der Waals surface area contributed by atoms with Crippen LogP contribution in [-0.4, -0.2) is 53.2 Å². The number of hydrogen-bond acceptors (Lipinski definition) is 4. The first-order valence-corrected chi connectivity index (χ1v) is 6.62. The molecule has 0 atom stereocenters. The van der Waals surface area contributed by atoms with Crippen molar-refractivity contribution in [2.45, 2.75) is 26.7 Å². The third-order valence-corrected chi connectivity index (χ3v) is 2.25. The molecule has 0 unspecified atom stereocenters. The van der Waals surface area contributed by atoms with E-state index in [-0.39, 0.29) is 0 Å². The second-order valence-corrected chi connectivity index (χ2v) is 4.52. The predicted molar refractivity (Wildman–Crippen MR) is 70.5 cm³/mol. The fourth-order valence-corrected chi connectivity index (χ4v) is 1.31. The molecule has 0 saturated heterocycles. The Kier molecular flexibility index (Phi) is 13.8. The molecule has 4 heteroatoms. The van der Waals surface area contributed by atoms with Crippen LogP contribution in [-0.2, 0) is 14.2 Å². The average Bonchev–Trinajstić information content (AvgIpc) is 2.30. The molecule has 0 fully saturated rings. The lowest BCUT2D eigenvalue weighted by molar-refractivity contribution is 0.0240. The average molecular weight is 247 g/mol. The van der Waals surface area contributed by atoms with Crippen LogP contribution in [0.25, 0.3) is 0 Å². The quantitative estimate of drug-likeness (QED) is 0.503. The molecule has 1 N–H and O–H groups in total. The van der Waals surface area contributed by atoms with Crippen molar-refractivity contribution >= 4 is 0 Å². The number of rotatable bonds is 13. The maximum atomic E-state index is 5.45. The number of unbranched alkanes of at least 4 members (excludes halogenated alkanes) is 1. The smallest absolute Gasteiger partial charge is 0.0701 e. The summed E-state index contributed by atoms with van der Waals surface area (Å²) < 4.78 is 15.6. The first-order chi connectivity index (χ1) is 8.27. The Hall–Kier alpha value is -0.160. The molecule has 0 aliphatic heterocycles. The van der Waals surface area contributed by atoms with Crippen LogP contribution in [0, 0.1) is 5.92 Å². The van der Waals surface area contributed by atoms with E-state index in [0.29, 0.717) is 26.4 Å². The Morgan fingerprint density at radius 1 is 0.882 bits per heavy atom. The molecule has 0 aliphatic rings. The van der Waals surface area contributed by atoms with Crippen molar-refractivity contribution in [1.29, 1.82) is 0 Å². The summed E-state index contributed by atoms with van der Waals surface area (Å²) in [4.78, 5) is 0. The van der Waals surface area contributed by atoms with Crippen LogP contribution in [0.15, 0.2) is 0 Å². The lowest BCUT2D eigenvalue weighted by atomic mass is 10.2. The molecule has 0 radical (unpaired) electrons. The minimum atomic E-state index is 0.652. The van der Waals surface area contributed by atoms with Crippen molar-refractivity contribution in [3.05, 3.63) is 0 Å². The second kappa shape index (κ2) is 13.9. The second-order valence-electron chi connectivity index (χ2n) is 4.52. The first kappa shape index (κ1) is 16.8. The van der Waals surface area contributed by atoms with Gasteiger partial charge < -0.3 is 19.5 Å². The number of ether oxygens (including phenoxy) is 3. The highest BCUT2D eigenvalue weighted by Gasteiger charge is 1.93. The van der Waals surface area contributed by atoms with Crippen molar-refractivity contribution in [3.63, 3.8) is 0 Å². The van der Waals surface area contributed by atoms with Gasteiger partial charge in [-0.3, -0.25) is 0 Å². The normalized spacial score (nSPS) is 11.3. The van der Waals surface area contributed by atoms with E-state index in [0.717, 1.165) is 32.0 Å². The Balaban J connectivity index is 2.89. The van der Waals surface area contributed by atoms with Crippen LogP contribution >= 0.6 is 0 Å². The third kappa shape index (κ3) is 15.8. The molecule has 0 aliphatic carbocycles. The Morgan fingerprint density at radius 3 is 2.18 bits per heavy atom. The van der Waals surface area contributed by atoms with Crippen LogP contribution in [0.1, 0.15) is 26.7 Å². The summed E-state index contributed by atoms with van der Waals surface area (Å²) in [6, 6.07) is 0. The SMILES string of the molecule is COCCOCCOCCCCNCC(C)C. The van der Waals surface area contributed by atoms with E-state index in [1.165, 1.54) is 6.42 Å². The van der Waals surface area contributed by atoms with Gasteiger partial charge in [-0.1, -0.05) is 13.8 Å². The summed E-state index contributed by atoms with van der Waals surface area (Å²) in [6.07, 6.45) is 2.29. The van der Waals surface area contributed by atoms with Crippen LogP contribution in [0.4, 0.5) is 0 Å². The van der Waals surface area contributed by atoms with Gasteiger partial charge in [0.05, 0.1) is 26.4 Å². The monoisotopic (exact) mass is 247 g/mol. The number of hydrogen-bond donors (Lipinski definition) is 1. The van der Waals surface area contributed by atoms with Crippen molar-refractivity contribution in [3.8, 4) is 0 Å². The first-order valence-electron chi connectivity index (χ1n) is 6.62. The van der Waals surface area contributed by atoms with E-state index in [2.05, 4.69) is 19.2 Å². The van der Waals surface area contributed by atoms with Gasteiger partial charge in [-0.2, -0.15) is 0 Å². The zero-order valence-electron chi connectivity index (χ0n) is 11.7. The van der Waals surface area contributed by atoms with Gasteiger partial charge in [-0.25, -0.2) is 0 Å². The molecule has 0 saturated carbocycles. The molecule has 0 bridgehead atoms. The molecular weight excluding hydrogens is 218 g/mol. The Morgan fingerprint density at radius 2 is 1.53 bits per heavy atom. The molecule has 0 aromatic carbocycles. The molecule has 17 heavy (non-hydrogen) atoms. The standard InChI is InChI=1S/C13H29NO3/c1-13(2)12-14-6-4-5-7-16-10-11-17-9-8-15-3/h13-14H,4-12H2,1-3H3. The maximum absolute atomic E-state index is 5.45. The highest BCUT2D eigenvalue weighted by atomic mass is 16.5. The lowest BCUT2D eigenvalue weighted by Gasteiger charge is -2.07. The van der Waals surface area contributed by atoms with Gasteiger partial charge in [0.1, 0.15) is 0 Å². The Labute approximate surface area is 106 Å². The molecule has 4 nitrogen and oxygen atoms in total. The van der Waals surface area contributed by atoms with Gasteiger partial charge in [0.15, 0.2) is 0 Å². The summed E-state index contributed by atoms with van der Waals surface area (Å²) in [7, 11) is 1.67. The molecular formula is C13H29NO3. The van der Waals surface area contributed by atoms with Gasteiger partial charge in [0, 0.05) is 13.7 Å². The molecule has 0 aromatic heterocycles. The highest BCUT2D eigenvalue weighted by molar-refractivity contribution is 4.51. The minimum absolute atomic E-state index is 0.652. The number of nitrogens with one attached hydrogen (secondary N) is 1. The van der Waals surface area contributed by atoms with Crippen LogP contribution in [0.5, 0.6) is 0 Å². The fourth-order valence-electron chi connectivity index (χ4n) is 1.31. The molecule has 0 aromatic rings. The van der Waals surface area contributed by atoms with Gasteiger partial charge >= 0.3 is 0 Å². The molecule has 0 spiro atoms. The third-order valence-electron chi connectivity index (χ3n) is 2.25. The van der Waals surface area contributed by atoms with E-state index < -0.39 is 0 Å². The van der Waals surface area contributed by atoms with Crippen molar-refractivity contribution in [2.75, 3.05) is 53.2 Å². The van der Waals surface area contributed by atoms with E-state index in [1.807, 2.05) is 0 Å². The van der Waals surface area contributed by atoms with E-state index in [4.69, 9.17) is 14.2 Å². The summed E-state index contributed by atoms with van der Waals surface area (Å²) >= 11 is 0. The van der Waals surface area contributed by atoms with Crippen molar-refractivity contribution in [2.24, 2.45) is 5.92 Å². The summed E-state index contributed by atoms with van der Waals surface area (Å²) in [5.41, 5.74) is 0. The van der Waals surface area contributed by atoms with Crippen LogP contribution < -0.4 is 5.32 Å². The van der Waals surface area contributed by atoms with Gasteiger partial charge in [0.25, 0.3) is 0 Å². The summed E-state index contributed by atoms with van der Waals surface area (Å²) in [6.45, 7) is 10.1. The van der Waals surface area contributed by atoms with E-state index in [1.54, 1.807) is 7.11 Å². The zero-order valence-corrected chi connectivity index (χ0v) is 11.7. The lowest BCUT2D eigenvalue weighted by Crippen LogP contribution is -2.21. The topological polar surface area (TPSA) is 39.7 Å². The highest BCUT2D eigenvalue weighted by Crippen LogP contribution is 1.91. The molecule has 0 amide bonds. The van der Waals surface area contributed by atoms with Crippen molar-refractivity contribution in [1.82, 2.24) is 5.32 Å². The largest absolute Gasteiger partial charge is 0.382 e. The summed E-state index contributed by atoms with van der Waals surface area (Å²) in [5.74, 6) is 0.732. The van der Waals surface area contributed by atoms with E-state index >= 15 is 0 Å². The summed E-state index contributed by atoms with van der Waals surface area (Å²) in [5, 5.41) is 3.42. The van der Waals surface area contributed by atoms with Gasteiger partial charge in [-0.05, 0) is 31.8 Å². The van der Waals surface area contributed by atoms with Gasteiger partial charge in [0.2, 0.25) is 0 Å². The molecule has 104 valence electrons. The molecule has 0 heterocycles. The Bertz CT molecular complexity index is 143. The van der Waals surface area contributed by atoms with Gasteiger partial charge in [-0.15, -0.1) is 0 Å². The maximum Gasteiger partial charge on any atom is 0.0701 e. The van der Waals surface area contributed by atoms with Crippen LogP contribution in [0.2, 0.25) is 0 Å². The van der Waals surface area contributed by atoms with E-state index in [9.17, 15) is 0 Å². The fraction of sp³-hybridized carbons (Fsp3) is 1.00. The number of methoxy groups -OCH3 is 1.